The van der Waals surface area contributed by atoms with Crippen LogP contribution in [0.1, 0.15) is 17.2 Å². The molecule has 0 bridgehead atoms. The number of benzene rings is 2. The Bertz CT molecular complexity index is 563. The molecule has 0 heterocycles. The average molecular weight is 270 g/mol. The molecule has 0 fully saturated rings. The molecule has 20 heavy (non-hydrogen) atoms. The monoisotopic (exact) mass is 270 g/mol. The minimum Gasteiger partial charge on any atom is -0.496 e. The van der Waals surface area contributed by atoms with Gasteiger partial charge in [0.2, 0.25) is 0 Å². The Morgan fingerprint density at radius 3 is 2.30 bits per heavy atom. The molecule has 0 N–H and O–H groups in total. The Labute approximate surface area is 119 Å². The lowest BCUT2D eigenvalue weighted by molar-refractivity contribution is -0.128. The van der Waals surface area contributed by atoms with Gasteiger partial charge in [0.25, 0.3) is 0 Å². The van der Waals surface area contributed by atoms with Crippen molar-refractivity contribution in [1.82, 2.24) is 0 Å². The predicted octanol–water partition coefficient (Wildman–Crippen LogP) is 3.19. The van der Waals surface area contributed by atoms with Gasteiger partial charge in [0.1, 0.15) is 11.9 Å². The lowest BCUT2D eigenvalue weighted by Crippen LogP contribution is -2.17. The SMILES string of the molecule is COc1ccccc1CC(=O)C(OC)c1ccccc1. The van der Waals surface area contributed by atoms with E-state index in [0.29, 0.717) is 0 Å². The van der Waals surface area contributed by atoms with Crippen LogP contribution in [0, 0.1) is 0 Å². The number of rotatable bonds is 6. The number of ether oxygens (including phenoxy) is 2. The summed E-state index contributed by atoms with van der Waals surface area (Å²) in [7, 11) is 3.16. The van der Waals surface area contributed by atoms with Crippen LogP contribution in [-0.2, 0) is 16.0 Å². The molecular weight excluding hydrogens is 252 g/mol. The van der Waals surface area contributed by atoms with E-state index in [1.54, 1.807) is 14.2 Å². The third-order valence-electron chi connectivity index (χ3n) is 3.19. The molecule has 0 aliphatic rings. The number of carbonyl (C=O) groups excluding carboxylic acids is 1. The fraction of sp³-hybridized carbons (Fsp3) is 0.235. The van der Waals surface area contributed by atoms with E-state index in [2.05, 4.69) is 0 Å². The minimum atomic E-state index is -0.541. The highest BCUT2D eigenvalue weighted by atomic mass is 16.5. The van der Waals surface area contributed by atoms with Crippen molar-refractivity contribution in [1.29, 1.82) is 0 Å². The zero-order valence-electron chi connectivity index (χ0n) is 11.7. The van der Waals surface area contributed by atoms with Gasteiger partial charge < -0.3 is 9.47 Å². The Hall–Kier alpha value is -2.13. The smallest absolute Gasteiger partial charge is 0.170 e. The second-order valence-corrected chi connectivity index (χ2v) is 4.48. The second-order valence-electron chi connectivity index (χ2n) is 4.48. The number of hydrogen-bond donors (Lipinski definition) is 0. The standard InChI is InChI=1S/C17H18O3/c1-19-16-11-7-6-10-14(16)12-15(18)17(20-2)13-8-4-3-5-9-13/h3-11,17H,12H2,1-2H3. The van der Waals surface area contributed by atoms with Crippen LogP contribution < -0.4 is 4.74 Å². The summed E-state index contributed by atoms with van der Waals surface area (Å²) in [5, 5.41) is 0. The van der Waals surface area contributed by atoms with Crippen LogP contribution in [0.2, 0.25) is 0 Å². The normalized spacial score (nSPS) is 11.9. The Kier molecular flexibility index (Phi) is 4.91. The Morgan fingerprint density at radius 1 is 1.00 bits per heavy atom. The largest absolute Gasteiger partial charge is 0.496 e. The number of methoxy groups -OCH3 is 2. The summed E-state index contributed by atoms with van der Waals surface area (Å²) < 4.78 is 10.6. The molecule has 0 aliphatic carbocycles. The topological polar surface area (TPSA) is 35.5 Å². The molecule has 2 rings (SSSR count). The fourth-order valence-corrected chi connectivity index (χ4v) is 2.21. The molecule has 0 spiro atoms. The molecule has 1 atom stereocenters. The van der Waals surface area contributed by atoms with Gasteiger partial charge in [0.15, 0.2) is 5.78 Å². The van der Waals surface area contributed by atoms with Crippen LogP contribution in [0.25, 0.3) is 0 Å². The third kappa shape index (κ3) is 3.25. The van der Waals surface area contributed by atoms with Gasteiger partial charge in [-0.25, -0.2) is 0 Å². The first-order valence-electron chi connectivity index (χ1n) is 6.48. The van der Waals surface area contributed by atoms with Gasteiger partial charge in [-0.05, 0) is 11.6 Å². The van der Waals surface area contributed by atoms with E-state index in [1.165, 1.54) is 0 Å². The summed E-state index contributed by atoms with van der Waals surface area (Å²) in [6.07, 6.45) is -0.252. The van der Waals surface area contributed by atoms with E-state index in [1.807, 2.05) is 54.6 Å². The van der Waals surface area contributed by atoms with E-state index in [9.17, 15) is 4.79 Å². The van der Waals surface area contributed by atoms with E-state index in [0.717, 1.165) is 16.9 Å². The zero-order valence-corrected chi connectivity index (χ0v) is 11.7. The predicted molar refractivity (Wildman–Crippen MR) is 77.9 cm³/mol. The number of para-hydroxylation sites is 1. The highest BCUT2D eigenvalue weighted by Gasteiger charge is 2.21. The summed E-state index contributed by atoms with van der Waals surface area (Å²) in [6, 6.07) is 17.0. The molecule has 0 radical (unpaired) electrons. The summed E-state index contributed by atoms with van der Waals surface area (Å²) in [5.41, 5.74) is 1.74. The van der Waals surface area contributed by atoms with Crippen LogP contribution in [0.15, 0.2) is 54.6 Å². The molecule has 0 saturated heterocycles. The Morgan fingerprint density at radius 2 is 1.65 bits per heavy atom. The third-order valence-corrected chi connectivity index (χ3v) is 3.19. The Balaban J connectivity index is 2.18. The molecule has 2 aromatic rings. The van der Waals surface area contributed by atoms with Gasteiger partial charge in [-0.3, -0.25) is 4.79 Å². The van der Waals surface area contributed by atoms with Gasteiger partial charge >= 0.3 is 0 Å². The van der Waals surface area contributed by atoms with Crippen LogP contribution in [0.5, 0.6) is 5.75 Å². The maximum atomic E-state index is 12.4. The number of carbonyl (C=O) groups is 1. The van der Waals surface area contributed by atoms with Crippen molar-refractivity contribution >= 4 is 5.78 Å². The van der Waals surface area contributed by atoms with E-state index in [-0.39, 0.29) is 12.2 Å². The molecule has 3 nitrogen and oxygen atoms in total. The number of hydrogen-bond acceptors (Lipinski definition) is 3. The zero-order chi connectivity index (χ0) is 14.4. The number of Topliss-reactive ketones (excluding diaryl/α,β-unsaturated/α-hetero) is 1. The van der Waals surface area contributed by atoms with Crippen LogP contribution in [0.4, 0.5) is 0 Å². The van der Waals surface area contributed by atoms with Gasteiger partial charge in [-0.1, -0.05) is 48.5 Å². The summed E-state index contributed by atoms with van der Waals surface area (Å²) in [6.45, 7) is 0. The van der Waals surface area contributed by atoms with Crippen molar-refractivity contribution in [3.8, 4) is 5.75 Å². The maximum Gasteiger partial charge on any atom is 0.170 e. The minimum absolute atomic E-state index is 0.0169. The quantitative estimate of drug-likeness (QED) is 0.808. The van der Waals surface area contributed by atoms with E-state index < -0.39 is 6.10 Å². The summed E-state index contributed by atoms with van der Waals surface area (Å²) in [5.74, 6) is 0.743. The molecule has 104 valence electrons. The van der Waals surface area contributed by atoms with Crippen LogP contribution in [0.3, 0.4) is 0 Å². The molecular formula is C17H18O3. The maximum absolute atomic E-state index is 12.4. The molecule has 2 aromatic carbocycles. The van der Waals surface area contributed by atoms with Crippen molar-refractivity contribution in [2.24, 2.45) is 0 Å². The molecule has 0 saturated carbocycles. The average Bonchev–Trinajstić information content (AvgIpc) is 2.49. The van der Waals surface area contributed by atoms with Crippen molar-refractivity contribution in [2.75, 3.05) is 14.2 Å². The van der Waals surface area contributed by atoms with E-state index >= 15 is 0 Å². The van der Waals surface area contributed by atoms with E-state index in [4.69, 9.17) is 9.47 Å². The van der Waals surface area contributed by atoms with Crippen LogP contribution in [-0.4, -0.2) is 20.0 Å². The molecule has 1 unspecified atom stereocenters. The molecule has 0 aromatic heterocycles. The molecule has 0 amide bonds. The first-order valence-corrected chi connectivity index (χ1v) is 6.48. The first-order chi connectivity index (χ1) is 9.76. The summed E-state index contributed by atoms with van der Waals surface area (Å²) >= 11 is 0. The van der Waals surface area contributed by atoms with Crippen molar-refractivity contribution < 1.29 is 14.3 Å². The fourth-order valence-electron chi connectivity index (χ4n) is 2.21. The lowest BCUT2D eigenvalue weighted by atomic mass is 9.99. The van der Waals surface area contributed by atoms with Gasteiger partial charge in [0, 0.05) is 19.1 Å². The van der Waals surface area contributed by atoms with Crippen molar-refractivity contribution in [3.05, 3.63) is 65.7 Å². The molecule has 3 heteroatoms. The van der Waals surface area contributed by atoms with Gasteiger partial charge in [-0.15, -0.1) is 0 Å². The highest BCUT2D eigenvalue weighted by molar-refractivity contribution is 5.86. The van der Waals surface area contributed by atoms with Gasteiger partial charge in [0.05, 0.1) is 7.11 Å². The second kappa shape index (κ2) is 6.87. The van der Waals surface area contributed by atoms with Crippen molar-refractivity contribution in [2.45, 2.75) is 12.5 Å². The van der Waals surface area contributed by atoms with Crippen molar-refractivity contribution in [3.63, 3.8) is 0 Å². The highest BCUT2D eigenvalue weighted by Crippen LogP contribution is 2.23. The number of ketones is 1. The summed E-state index contributed by atoms with van der Waals surface area (Å²) in [4.78, 5) is 12.4. The van der Waals surface area contributed by atoms with Crippen LogP contribution >= 0.6 is 0 Å². The van der Waals surface area contributed by atoms with Gasteiger partial charge in [-0.2, -0.15) is 0 Å². The lowest BCUT2D eigenvalue weighted by Gasteiger charge is -2.15. The molecule has 0 aliphatic heterocycles. The first kappa shape index (κ1) is 14.3.